The third-order valence-corrected chi connectivity index (χ3v) is 5.94. The minimum atomic E-state index is -4.22. The van der Waals surface area contributed by atoms with Crippen LogP contribution in [0.2, 0.25) is 0 Å². The molecule has 0 heterocycles. The third-order valence-electron chi connectivity index (χ3n) is 4.57. The van der Waals surface area contributed by atoms with Crippen molar-refractivity contribution in [3.8, 4) is 5.75 Å². The van der Waals surface area contributed by atoms with Gasteiger partial charge in [0.1, 0.15) is 10.5 Å². The van der Waals surface area contributed by atoms with E-state index in [-0.39, 0.29) is 28.7 Å². The van der Waals surface area contributed by atoms with Gasteiger partial charge in [0.25, 0.3) is 5.91 Å². The number of hydrogen-bond donors (Lipinski definition) is 1. The second-order valence-electron chi connectivity index (χ2n) is 8.93. The molecule has 2 aromatic rings. The maximum absolute atomic E-state index is 12.8. The summed E-state index contributed by atoms with van der Waals surface area (Å²) < 4.78 is 36.0. The van der Waals surface area contributed by atoms with Crippen LogP contribution in [0.5, 0.6) is 5.75 Å². The van der Waals surface area contributed by atoms with Crippen molar-refractivity contribution in [1.29, 1.82) is 0 Å². The standard InChI is InChI=1S/C24H30N2O7S/c1-16-11-12-17(2)20(13-16)34(30,31)33-19-10-8-7-9-18(19)23(29)32-15-22(28)26(6)14-21(27)25-24(3,4)5/h7-13H,14-15H2,1-6H3,(H,25,27). The zero-order valence-electron chi connectivity index (χ0n) is 20.2. The van der Waals surface area contributed by atoms with Gasteiger partial charge in [-0.1, -0.05) is 24.3 Å². The lowest BCUT2D eigenvalue weighted by molar-refractivity contribution is -0.137. The zero-order chi connectivity index (χ0) is 25.7. The summed E-state index contributed by atoms with van der Waals surface area (Å²) in [6.07, 6.45) is 0. The van der Waals surface area contributed by atoms with E-state index in [2.05, 4.69) is 5.32 Å². The molecule has 0 aromatic heterocycles. The molecule has 34 heavy (non-hydrogen) atoms. The first-order chi connectivity index (χ1) is 15.7. The van der Waals surface area contributed by atoms with Gasteiger partial charge in [0.05, 0.1) is 6.54 Å². The van der Waals surface area contributed by atoms with Crippen LogP contribution in [0.25, 0.3) is 0 Å². The van der Waals surface area contributed by atoms with Crippen LogP contribution in [0.1, 0.15) is 42.3 Å². The summed E-state index contributed by atoms with van der Waals surface area (Å²) in [7, 11) is -2.81. The van der Waals surface area contributed by atoms with Crippen molar-refractivity contribution < 1.29 is 31.7 Å². The van der Waals surface area contributed by atoms with Crippen LogP contribution in [0.15, 0.2) is 47.4 Å². The van der Waals surface area contributed by atoms with E-state index in [1.807, 2.05) is 20.8 Å². The molecular weight excluding hydrogens is 460 g/mol. The number of likely N-dealkylation sites (N-methyl/N-ethyl adjacent to an activating group) is 1. The van der Waals surface area contributed by atoms with Crippen molar-refractivity contribution in [3.05, 3.63) is 59.2 Å². The first kappa shape index (κ1) is 26.8. The quantitative estimate of drug-likeness (QED) is 0.446. The minimum Gasteiger partial charge on any atom is -0.452 e. The molecule has 0 fully saturated rings. The van der Waals surface area contributed by atoms with Crippen molar-refractivity contribution >= 4 is 27.9 Å². The molecule has 0 bridgehead atoms. The lowest BCUT2D eigenvalue weighted by atomic mass is 10.1. The Morgan fingerprint density at radius 3 is 2.32 bits per heavy atom. The van der Waals surface area contributed by atoms with Gasteiger partial charge in [-0.05, 0) is 63.9 Å². The lowest BCUT2D eigenvalue weighted by Gasteiger charge is -2.23. The SMILES string of the molecule is Cc1ccc(C)c(S(=O)(=O)Oc2ccccc2C(=O)OCC(=O)N(C)CC(=O)NC(C)(C)C)c1. The fraction of sp³-hybridized carbons (Fsp3) is 0.375. The number of benzene rings is 2. The molecule has 0 saturated carbocycles. The first-order valence-electron chi connectivity index (χ1n) is 10.5. The number of esters is 1. The highest BCUT2D eigenvalue weighted by molar-refractivity contribution is 7.87. The van der Waals surface area contributed by atoms with Gasteiger partial charge in [0, 0.05) is 12.6 Å². The Hall–Kier alpha value is -3.40. The van der Waals surface area contributed by atoms with Gasteiger partial charge in [-0.2, -0.15) is 8.42 Å². The van der Waals surface area contributed by atoms with Gasteiger partial charge in [-0.3, -0.25) is 9.59 Å². The van der Waals surface area contributed by atoms with Crippen molar-refractivity contribution in [2.24, 2.45) is 0 Å². The minimum absolute atomic E-state index is 0.0130. The van der Waals surface area contributed by atoms with Crippen molar-refractivity contribution in [2.75, 3.05) is 20.2 Å². The Kier molecular flexibility index (Phi) is 8.44. The van der Waals surface area contributed by atoms with Gasteiger partial charge in [-0.25, -0.2) is 4.79 Å². The molecule has 0 radical (unpaired) electrons. The van der Waals surface area contributed by atoms with Crippen LogP contribution in [0.3, 0.4) is 0 Å². The summed E-state index contributed by atoms with van der Waals surface area (Å²) in [6, 6.07) is 10.6. The van der Waals surface area contributed by atoms with Crippen molar-refractivity contribution in [2.45, 2.75) is 45.1 Å². The second kappa shape index (κ2) is 10.7. The molecular formula is C24H30N2O7S. The summed E-state index contributed by atoms with van der Waals surface area (Å²) in [5.74, 6) is -2.12. The Morgan fingerprint density at radius 1 is 1.03 bits per heavy atom. The van der Waals surface area contributed by atoms with Crippen LogP contribution in [-0.2, 0) is 24.4 Å². The third kappa shape index (κ3) is 7.58. The molecule has 184 valence electrons. The number of nitrogens with one attached hydrogen (secondary N) is 1. The van der Waals surface area contributed by atoms with E-state index >= 15 is 0 Å². The van der Waals surface area contributed by atoms with E-state index in [4.69, 9.17) is 8.92 Å². The highest BCUT2D eigenvalue weighted by atomic mass is 32.2. The maximum Gasteiger partial charge on any atom is 0.342 e. The molecule has 2 aromatic carbocycles. The van der Waals surface area contributed by atoms with Gasteiger partial charge >= 0.3 is 16.1 Å². The number of hydrogen-bond acceptors (Lipinski definition) is 7. The van der Waals surface area contributed by atoms with E-state index in [1.165, 1.54) is 37.4 Å². The Bertz CT molecular complexity index is 1180. The highest BCUT2D eigenvalue weighted by Crippen LogP contribution is 2.26. The number of carbonyl (C=O) groups excluding carboxylic acids is 3. The van der Waals surface area contributed by atoms with Crippen LogP contribution >= 0.6 is 0 Å². The highest BCUT2D eigenvalue weighted by Gasteiger charge is 2.24. The van der Waals surface area contributed by atoms with E-state index in [1.54, 1.807) is 26.0 Å². The smallest absolute Gasteiger partial charge is 0.342 e. The van der Waals surface area contributed by atoms with E-state index < -0.39 is 34.1 Å². The summed E-state index contributed by atoms with van der Waals surface area (Å²) in [5, 5.41) is 2.73. The number of nitrogens with zero attached hydrogens (tertiary/aromatic N) is 1. The van der Waals surface area contributed by atoms with E-state index in [0.29, 0.717) is 5.56 Å². The zero-order valence-corrected chi connectivity index (χ0v) is 21.0. The van der Waals surface area contributed by atoms with Gasteiger partial charge in [0.2, 0.25) is 5.91 Å². The van der Waals surface area contributed by atoms with Crippen molar-refractivity contribution in [1.82, 2.24) is 10.2 Å². The Morgan fingerprint density at radius 2 is 1.68 bits per heavy atom. The van der Waals surface area contributed by atoms with Gasteiger partial charge in [0.15, 0.2) is 12.4 Å². The van der Waals surface area contributed by atoms with Crippen LogP contribution in [-0.4, -0.2) is 56.8 Å². The summed E-state index contributed by atoms with van der Waals surface area (Å²) in [6.45, 7) is 8.00. The maximum atomic E-state index is 12.8. The molecule has 2 rings (SSSR count). The second-order valence-corrected chi connectivity index (χ2v) is 10.4. The molecule has 1 N–H and O–H groups in total. The predicted octanol–water partition coefficient (Wildman–Crippen LogP) is 2.60. The topological polar surface area (TPSA) is 119 Å². The molecule has 0 aliphatic rings. The molecule has 0 aliphatic carbocycles. The number of para-hydroxylation sites is 1. The lowest BCUT2D eigenvalue weighted by Crippen LogP contribution is -2.46. The largest absolute Gasteiger partial charge is 0.452 e. The molecule has 0 aliphatic heterocycles. The van der Waals surface area contributed by atoms with Crippen molar-refractivity contribution in [3.63, 3.8) is 0 Å². The van der Waals surface area contributed by atoms with Gasteiger partial charge < -0.3 is 19.1 Å². The molecule has 0 spiro atoms. The van der Waals surface area contributed by atoms with Crippen LogP contribution in [0, 0.1) is 13.8 Å². The van der Waals surface area contributed by atoms with E-state index in [9.17, 15) is 22.8 Å². The molecule has 0 saturated heterocycles. The normalized spacial score (nSPS) is 11.5. The Labute approximate surface area is 200 Å². The van der Waals surface area contributed by atoms with Gasteiger partial charge in [-0.15, -0.1) is 0 Å². The number of carbonyl (C=O) groups is 3. The predicted molar refractivity (Wildman–Crippen MR) is 126 cm³/mol. The van der Waals surface area contributed by atoms with Crippen LogP contribution in [0.4, 0.5) is 0 Å². The fourth-order valence-electron chi connectivity index (χ4n) is 2.92. The van der Waals surface area contributed by atoms with Crippen LogP contribution < -0.4 is 9.50 Å². The first-order valence-corrected chi connectivity index (χ1v) is 11.9. The molecule has 2 amide bonds. The number of rotatable bonds is 8. The average molecular weight is 491 g/mol. The molecule has 9 nitrogen and oxygen atoms in total. The summed E-state index contributed by atoms with van der Waals surface area (Å²) in [5.41, 5.74) is 0.625. The average Bonchev–Trinajstić information content (AvgIpc) is 2.72. The molecule has 0 unspecified atom stereocenters. The molecule has 10 heteroatoms. The summed E-state index contributed by atoms with van der Waals surface area (Å²) in [4.78, 5) is 38.0. The Balaban J connectivity index is 2.09. The van der Waals surface area contributed by atoms with E-state index in [0.717, 1.165) is 10.5 Å². The molecule has 0 atom stereocenters. The number of amides is 2. The fourth-order valence-corrected chi connectivity index (χ4v) is 4.19. The number of aryl methyl sites for hydroxylation is 2. The monoisotopic (exact) mass is 490 g/mol. The summed E-state index contributed by atoms with van der Waals surface area (Å²) >= 11 is 0. The number of ether oxygens (including phenoxy) is 1.